The van der Waals surface area contributed by atoms with Gasteiger partial charge in [-0.1, -0.05) is 194 Å². The summed E-state index contributed by atoms with van der Waals surface area (Å²) in [6, 6.07) is -0.525. The Kier molecular flexibility index (Phi) is 33.4. The first-order valence-corrected chi connectivity index (χ1v) is 18.7. The molecule has 0 rings (SSSR count). The van der Waals surface area contributed by atoms with E-state index in [0.29, 0.717) is 12.8 Å². The van der Waals surface area contributed by atoms with Crippen LogP contribution in [-0.2, 0) is 4.79 Å². The highest BCUT2D eigenvalue weighted by atomic mass is 16.3. The molecule has 0 aromatic carbocycles. The van der Waals surface area contributed by atoms with Crippen molar-refractivity contribution >= 4 is 5.91 Å². The smallest absolute Gasteiger partial charge is 0.220 e. The molecule has 0 radical (unpaired) electrons. The highest BCUT2D eigenvalue weighted by Gasteiger charge is 2.19. The van der Waals surface area contributed by atoms with Crippen molar-refractivity contribution in [1.29, 1.82) is 0 Å². The van der Waals surface area contributed by atoms with E-state index in [1.807, 2.05) is 0 Å². The summed E-state index contributed by atoms with van der Waals surface area (Å²) >= 11 is 0. The first-order chi connectivity index (χ1) is 20.2. The molecule has 0 aliphatic heterocycles. The van der Waals surface area contributed by atoms with E-state index in [4.69, 9.17) is 0 Å². The van der Waals surface area contributed by atoms with Crippen molar-refractivity contribution in [3.8, 4) is 0 Å². The number of aliphatic hydroxyl groups is 2. The SMILES string of the molecule is CCCCCCCCCCCCCCCCCCCCCCCCCCC(=O)NC(CO)C(O)CCCCCCC. The molecule has 3 N–H and O–H groups in total. The Morgan fingerprint density at radius 2 is 0.780 bits per heavy atom. The van der Waals surface area contributed by atoms with Crippen LogP contribution in [0.1, 0.15) is 213 Å². The number of nitrogens with one attached hydrogen (secondary N) is 1. The highest BCUT2D eigenvalue weighted by molar-refractivity contribution is 5.76. The second kappa shape index (κ2) is 33.9. The van der Waals surface area contributed by atoms with Crippen molar-refractivity contribution in [2.75, 3.05) is 6.61 Å². The molecule has 0 heterocycles. The van der Waals surface area contributed by atoms with Crippen LogP contribution in [0.3, 0.4) is 0 Å². The Bertz CT molecular complexity index is 512. The van der Waals surface area contributed by atoms with E-state index in [2.05, 4.69) is 19.2 Å². The summed E-state index contributed by atoms with van der Waals surface area (Å²) in [5.74, 6) is -0.0344. The van der Waals surface area contributed by atoms with Gasteiger partial charge in [-0.3, -0.25) is 4.79 Å². The van der Waals surface area contributed by atoms with Crippen LogP contribution in [0.25, 0.3) is 0 Å². The molecule has 0 aliphatic rings. The van der Waals surface area contributed by atoms with E-state index in [1.165, 1.54) is 161 Å². The molecule has 2 atom stereocenters. The number of amides is 1. The van der Waals surface area contributed by atoms with Gasteiger partial charge >= 0.3 is 0 Å². The van der Waals surface area contributed by atoms with Gasteiger partial charge in [-0.05, 0) is 12.8 Å². The van der Waals surface area contributed by atoms with Crippen molar-refractivity contribution in [3.05, 3.63) is 0 Å². The highest BCUT2D eigenvalue weighted by Crippen LogP contribution is 2.16. The van der Waals surface area contributed by atoms with Gasteiger partial charge in [-0.15, -0.1) is 0 Å². The standard InChI is InChI=1S/C37H75NO3/c1-3-5-7-9-10-11-12-13-14-15-16-17-18-19-20-21-22-23-24-25-26-27-29-31-33-37(41)38-35(34-39)36(40)32-30-28-8-6-4-2/h35-36,39-40H,3-34H2,1-2H3,(H,38,41). The lowest BCUT2D eigenvalue weighted by molar-refractivity contribution is -0.123. The largest absolute Gasteiger partial charge is 0.394 e. The van der Waals surface area contributed by atoms with E-state index in [9.17, 15) is 15.0 Å². The summed E-state index contributed by atoms with van der Waals surface area (Å²) in [4.78, 5) is 12.2. The third-order valence-electron chi connectivity index (χ3n) is 8.87. The van der Waals surface area contributed by atoms with Crippen molar-refractivity contribution < 1.29 is 15.0 Å². The van der Waals surface area contributed by atoms with Crippen LogP contribution in [0.5, 0.6) is 0 Å². The number of carbonyl (C=O) groups is 1. The first-order valence-electron chi connectivity index (χ1n) is 18.7. The van der Waals surface area contributed by atoms with Crippen molar-refractivity contribution in [1.82, 2.24) is 5.32 Å². The average Bonchev–Trinajstić information content (AvgIpc) is 2.97. The molecule has 0 bridgehead atoms. The van der Waals surface area contributed by atoms with Crippen LogP contribution in [0.4, 0.5) is 0 Å². The normalized spacial score (nSPS) is 13.0. The quantitative estimate of drug-likeness (QED) is 0.0662. The molecule has 41 heavy (non-hydrogen) atoms. The predicted molar refractivity (Wildman–Crippen MR) is 179 cm³/mol. The summed E-state index contributed by atoms with van der Waals surface area (Å²) < 4.78 is 0. The lowest BCUT2D eigenvalue weighted by atomic mass is 10.0. The van der Waals surface area contributed by atoms with Crippen LogP contribution in [0.15, 0.2) is 0 Å². The molecule has 2 unspecified atom stereocenters. The summed E-state index contributed by atoms with van der Waals surface area (Å²) in [6.07, 6.45) is 39.2. The van der Waals surface area contributed by atoms with Crippen molar-refractivity contribution in [3.63, 3.8) is 0 Å². The Morgan fingerprint density at radius 1 is 0.488 bits per heavy atom. The zero-order valence-corrected chi connectivity index (χ0v) is 28.1. The number of hydrogen-bond acceptors (Lipinski definition) is 3. The van der Waals surface area contributed by atoms with Gasteiger partial charge < -0.3 is 15.5 Å². The third kappa shape index (κ3) is 30.6. The lowest BCUT2D eigenvalue weighted by Crippen LogP contribution is -2.45. The number of unbranched alkanes of at least 4 members (excludes halogenated alkanes) is 27. The van der Waals surface area contributed by atoms with Gasteiger partial charge in [0.25, 0.3) is 0 Å². The van der Waals surface area contributed by atoms with Crippen LogP contribution in [-0.4, -0.2) is 34.9 Å². The maximum absolute atomic E-state index is 12.2. The monoisotopic (exact) mass is 582 g/mol. The molecule has 0 aliphatic carbocycles. The number of hydrogen-bond donors (Lipinski definition) is 3. The average molecular weight is 582 g/mol. The minimum Gasteiger partial charge on any atom is -0.394 e. The molecule has 0 spiro atoms. The molecule has 0 aromatic heterocycles. The Morgan fingerprint density at radius 3 is 1.10 bits per heavy atom. The molecule has 0 aromatic rings. The second-order valence-electron chi connectivity index (χ2n) is 13.0. The Hall–Kier alpha value is -0.610. The van der Waals surface area contributed by atoms with Gasteiger partial charge in [0.05, 0.1) is 18.8 Å². The van der Waals surface area contributed by atoms with Gasteiger partial charge in [0.1, 0.15) is 0 Å². The lowest BCUT2D eigenvalue weighted by Gasteiger charge is -2.22. The van der Waals surface area contributed by atoms with Crippen LogP contribution >= 0.6 is 0 Å². The van der Waals surface area contributed by atoms with Crippen LogP contribution in [0, 0.1) is 0 Å². The topological polar surface area (TPSA) is 69.6 Å². The maximum Gasteiger partial charge on any atom is 0.220 e. The zero-order valence-electron chi connectivity index (χ0n) is 28.1. The second-order valence-corrected chi connectivity index (χ2v) is 13.0. The van der Waals surface area contributed by atoms with E-state index < -0.39 is 12.1 Å². The molecule has 4 nitrogen and oxygen atoms in total. The number of aliphatic hydroxyl groups excluding tert-OH is 2. The predicted octanol–water partition coefficient (Wildman–Crippen LogP) is 11.0. The molecular formula is C37H75NO3. The molecular weight excluding hydrogens is 506 g/mol. The van der Waals surface area contributed by atoms with Crippen molar-refractivity contribution in [2.45, 2.75) is 225 Å². The van der Waals surface area contributed by atoms with Gasteiger partial charge in [0.15, 0.2) is 0 Å². The summed E-state index contributed by atoms with van der Waals surface area (Å²) in [5, 5.41) is 22.7. The van der Waals surface area contributed by atoms with E-state index in [-0.39, 0.29) is 12.5 Å². The molecule has 0 saturated heterocycles. The van der Waals surface area contributed by atoms with E-state index in [1.54, 1.807) is 0 Å². The fraction of sp³-hybridized carbons (Fsp3) is 0.973. The zero-order chi connectivity index (χ0) is 30.1. The fourth-order valence-electron chi connectivity index (χ4n) is 5.95. The molecule has 4 heteroatoms. The minimum absolute atomic E-state index is 0.0344. The Labute approximate surface area is 257 Å². The molecule has 0 fully saturated rings. The summed E-state index contributed by atoms with van der Waals surface area (Å²) in [5.41, 5.74) is 0. The summed E-state index contributed by atoms with van der Waals surface area (Å²) in [6.45, 7) is 4.29. The van der Waals surface area contributed by atoms with E-state index >= 15 is 0 Å². The maximum atomic E-state index is 12.2. The number of rotatable bonds is 34. The van der Waals surface area contributed by atoms with Gasteiger partial charge in [-0.25, -0.2) is 0 Å². The first kappa shape index (κ1) is 40.4. The van der Waals surface area contributed by atoms with Crippen LogP contribution < -0.4 is 5.32 Å². The van der Waals surface area contributed by atoms with E-state index in [0.717, 1.165) is 25.7 Å². The summed E-state index contributed by atoms with van der Waals surface area (Å²) in [7, 11) is 0. The van der Waals surface area contributed by atoms with Crippen LogP contribution in [0.2, 0.25) is 0 Å². The molecule has 1 amide bonds. The Balaban J connectivity index is 3.34. The number of carbonyl (C=O) groups excluding carboxylic acids is 1. The minimum atomic E-state index is -0.648. The molecule has 0 saturated carbocycles. The fourth-order valence-corrected chi connectivity index (χ4v) is 5.95. The van der Waals surface area contributed by atoms with Crippen molar-refractivity contribution in [2.24, 2.45) is 0 Å². The van der Waals surface area contributed by atoms with Gasteiger partial charge in [-0.2, -0.15) is 0 Å². The van der Waals surface area contributed by atoms with Gasteiger partial charge in [0.2, 0.25) is 5.91 Å². The van der Waals surface area contributed by atoms with Gasteiger partial charge in [0, 0.05) is 6.42 Å². The molecule has 246 valence electrons. The third-order valence-corrected chi connectivity index (χ3v) is 8.87.